The van der Waals surface area contributed by atoms with E-state index in [1.807, 2.05) is 22.8 Å². The molecule has 1 aromatic carbocycles. The van der Waals surface area contributed by atoms with Crippen LogP contribution in [-0.4, -0.2) is 24.2 Å². The molecule has 1 unspecified atom stereocenters. The number of fused-ring (bicyclic) bond motifs is 1. The van der Waals surface area contributed by atoms with Crippen LogP contribution in [0.2, 0.25) is 5.15 Å². The molecule has 0 fully saturated rings. The number of phosphoric acid groups is 1. The van der Waals surface area contributed by atoms with Crippen LogP contribution in [0.4, 0.5) is 5.82 Å². The smallest absolute Gasteiger partial charge is 0.363 e. The Morgan fingerprint density at radius 2 is 1.91 bits per heavy atom. The SMILES string of the molecule is N=c1nc(Cl)cc2n1CC(c1ccccc1)N2.O=P(O)(O)O. The molecule has 0 radical (unpaired) electrons. The van der Waals surface area contributed by atoms with Gasteiger partial charge in [0.05, 0.1) is 12.6 Å². The summed E-state index contributed by atoms with van der Waals surface area (Å²) in [4.78, 5) is 25.5. The summed E-state index contributed by atoms with van der Waals surface area (Å²) in [6, 6.07) is 12.1. The van der Waals surface area contributed by atoms with Crippen molar-refractivity contribution in [2.45, 2.75) is 12.6 Å². The summed E-state index contributed by atoms with van der Waals surface area (Å²) in [6.45, 7) is 0.711. The van der Waals surface area contributed by atoms with Crippen molar-refractivity contribution in [3.63, 3.8) is 0 Å². The molecule has 0 saturated carbocycles. The lowest BCUT2D eigenvalue weighted by Gasteiger charge is -2.09. The third-order valence-corrected chi connectivity index (χ3v) is 3.10. The molecule has 0 bridgehead atoms. The fourth-order valence-electron chi connectivity index (χ4n) is 2.08. The maximum absolute atomic E-state index is 8.88. The van der Waals surface area contributed by atoms with Crippen molar-refractivity contribution >= 4 is 25.2 Å². The van der Waals surface area contributed by atoms with Gasteiger partial charge in [-0.05, 0) is 5.56 Å². The maximum Gasteiger partial charge on any atom is 0.466 e. The van der Waals surface area contributed by atoms with E-state index in [1.54, 1.807) is 6.07 Å². The van der Waals surface area contributed by atoms with Crippen LogP contribution in [0.3, 0.4) is 0 Å². The fraction of sp³-hybridized carbons (Fsp3) is 0.167. The number of hydrogen-bond acceptors (Lipinski definition) is 4. The van der Waals surface area contributed by atoms with Crippen molar-refractivity contribution in [3.05, 3.63) is 52.7 Å². The predicted molar refractivity (Wildman–Crippen MR) is 80.2 cm³/mol. The van der Waals surface area contributed by atoms with Crippen molar-refractivity contribution < 1.29 is 19.2 Å². The highest BCUT2D eigenvalue weighted by atomic mass is 35.5. The molecule has 1 atom stereocenters. The molecule has 0 amide bonds. The summed E-state index contributed by atoms with van der Waals surface area (Å²) in [7, 11) is -4.64. The highest BCUT2D eigenvalue weighted by molar-refractivity contribution is 7.45. The molecule has 2 heterocycles. The minimum absolute atomic E-state index is 0.181. The van der Waals surface area contributed by atoms with Gasteiger partial charge >= 0.3 is 7.82 Å². The lowest BCUT2D eigenvalue weighted by atomic mass is 10.1. The Hall–Kier alpha value is -1.70. The fourth-order valence-corrected chi connectivity index (χ4v) is 2.27. The number of nitrogens with zero attached hydrogens (tertiary/aromatic N) is 2. The van der Waals surface area contributed by atoms with Gasteiger partial charge in [-0.1, -0.05) is 41.9 Å². The van der Waals surface area contributed by atoms with Crippen molar-refractivity contribution in [1.82, 2.24) is 9.55 Å². The monoisotopic (exact) mass is 344 g/mol. The predicted octanol–water partition coefficient (Wildman–Crippen LogP) is 1.25. The van der Waals surface area contributed by atoms with Gasteiger partial charge in [-0.3, -0.25) is 9.98 Å². The molecular formula is C12H14ClN4O4P. The van der Waals surface area contributed by atoms with E-state index in [-0.39, 0.29) is 11.7 Å². The molecule has 0 saturated heterocycles. The minimum Gasteiger partial charge on any atom is -0.363 e. The number of benzene rings is 1. The first-order chi connectivity index (χ1) is 10.2. The van der Waals surface area contributed by atoms with Gasteiger partial charge in [0.1, 0.15) is 11.0 Å². The molecule has 22 heavy (non-hydrogen) atoms. The van der Waals surface area contributed by atoms with Gasteiger partial charge in [0.15, 0.2) is 0 Å². The normalized spacial score (nSPS) is 16.3. The molecule has 0 spiro atoms. The summed E-state index contributed by atoms with van der Waals surface area (Å²) < 4.78 is 10.7. The first kappa shape index (κ1) is 16.7. The zero-order chi connectivity index (χ0) is 16.3. The molecule has 5 N–H and O–H groups in total. The lowest BCUT2D eigenvalue weighted by molar-refractivity contribution is 0.275. The van der Waals surface area contributed by atoms with E-state index in [0.29, 0.717) is 11.7 Å². The van der Waals surface area contributed by atoms with Gasteiger partial charge in [0, 0.05) is 6.07 Å². The summed E-state index contributed by atoms with van der Waals surface area (Å²) in [5, 5.41) is 11.5. The van der Waals surface area contributed by atoms with E-state index in [1.165, 1.54) is 5.56 Å². The van der Waals surface area contributed by atoms with Crippen molar-refractivity contribution in [3.8, 4) is 0 Å². The second-order valence-electron chi connectivity index (χ2n) is 4.52. The van der Waals surface area contributed by atoms with Crippen LogP contribution in [0, 0.1) is 5.41 Å². The van der Waals surface area contributed by atoms with E-state index in [2.05, 4.69) is 22.4 Å². The molecule has 1 aliphatic heterocycles. The van der Waals surface area contributed by atoms with Gasteiger partial charge in [0.2, 0.25) is 5.62 Å². The summed E-state index contributed by atoms with van der Waals surface area (Å²) in [5.41, 5.74) is 1.39. The van der Waals surface area contributed by atoms with Crippen LogP contribution in [-0.2, 0) is 11.1 Å². The highest BCUT2D eigenvalue weighted by Crippen LogP contribution is 2.28. The third kappa shape index (κ3) is 4.66. The zero-order valence-corrected chi connectivity index (χ0v) is 12.9. The molecule has 1 aromatic heterocycles. The van der Waals surface area contributed by atoms with E-state index in [4.69, 9.17) is 36.3 Å². The van der Waals surface area contributed by atoms with Crippen LogP contribution in [0.1, 0.15) is 11.6 Å². The standard InChI is InChI=1S/C12H11ClN4.H3O4P/c13-10-6-11-15-9(7-17(11)12(14)16-10)8-4-2-1-3-5-8;1-5(2,3)4/h1-6,9,14-15H,7H2;(H3,1,2,3,4). The van der Waals surface area contributed by atoms with E-state index < -0.39 is 7.82 Å². The molecule has 0 aliphatic carbocycles. The Balaban J connectivity index is 0.000000309. The number of hydrogen-bond donors (Lipinski definition) is 5. The lowest BCUT2D eigenvalue weighted by Crippen LogP contribution is -2.21. The van der Waals surface area contributed by atoms with Crippen molar-refractivity contribution in [2.24, 2.45) is 0 Å². The van der Waals surface area contributed by atoms with E-state index >= 15 is 0 Å². The van der Waals surface area contributed by atoms with Crippen LogP contribution in [0.5, 0.6) is 0 Å². The molecule has 1 aliphatic rings. The van der Waals surface area contributed by atoms with Crippen LogP contribution in [0.15, 0.2) is 36.4 Å². The quantitative estimate of drug-likeness (QED) is 0.391. The average molecular weight is 345 g/mol. The Bertz CT molecular complexity index is 753. The van der Waals surface area contributed by atoms with Gasteiger partial charge in [-0.25, -0.2) is 9.55 Å². The Kier molecular flexibility index (Phi) is 5.00. The van der Waals surface area contributed by atoms with Crippen LogP contribution < -0.4 is 10.9 Å². The van der Waals surface area contributed by atoms with Crippen molar-refractivity contribution in [2.75, 3.05) is 5.32 Å². The second kappa shape index (κ2) is 6.60. The summed E-state index contributed by atoms with van der Waals surface area (Å²) in [5.74, 6) is 0.851. The van der Waals surface area contributed by atoms with Gasteiger partial charge in [-0.2, -0.15) is 0 Å². The highest BCUT2D eigenvalue weighted by Gasteiger charge is 2.22. The topological polar surface area (TPSA) is 131 Å². The maximum atomic E-state index is 8.88. The summed E-state index contributed by atoms with van der Waals surface area (Å²) in [6.07, 6.45) is 0. The molecule has 8 nitrogen and oxygen atoms in total. The zero-order valence-electron chi connectivity index (χ0n) is 11.2. The minimum atomic E-state index is -4.64. The second-order valence-corrected chi connectivity index (χ2v) is 5.93. The molecular weight excluding hydrogens is 331 g/mol. The van der Waals surface area contributed by atoms with Crippen molar-refractivity contribution in [1.29, 1.82) is 5.41 Å². The number of aromatic nitrogens is 2. The first-order valence-electron chi connectivity index (χ1n) is 6.16. The largest absolute Gasteiger partial charge is 0.466 e. The van der Waals surface area contributed by atoms with E-state index in [9.17, 15) is 0 Å². The van der Waals surface area contributed by atoms with Gasteiger partial charge < -0.3 is 20.0 Å². The molecule has 2 aromatic rings. The van der Waals surface area contributed by atoms with Crippen LogP contribution >= 0.6 is 19.4 Å². The average Bonchev–Trinajstić information content (AvgIpc) is 2.82. The number of halogens is 1. The Labute approximate surface area is 130 Å². The number of rotatable bonds is 1. The molecule has 118 valence electrons. The molecule has 3 rings (SSSR count). The number of nitrogens with one attached hydrogen (secondary N) is 2. The number of anilines is 1. The Morgan fingerprint density at radius 3 is 2.50 bits per heavy atom. The molecule has 10 heteroatoms. The third-order valence-electron chi connectivity index (χ3n) is 2.90. The van der Waals surface area contributed by atoms with E-state index in [0.717, 1.165) is 5.82 Å². The van der Waals surface area contributed by atoms with Crippen LogP contribution in [0.25, 0.3) is 0 Å². The Morgan fingerprint density at radius 1 is 1.32 bits per heavy atom. The van der Waals surface area contributed by atoms with Gasteiger partial charge in [0.25, 0.3) is 0 Å². The first-order valence-corrected chi connectivity index (χ1v) is 8.10. The van der Waals surface area contributed by atoms with Gasteiger partial charge in [-0.15, -0.1) is 0 Å². The summed E-state index contributed by atoms with van der Waals surface area (Å²) >= 11 is 5.84.